The number of benzene rings is 2. The van der Waals surface area contributed by atoms with Gasteiger partial charge in [-0.1, -0.05) is 41.9 Å². The summed E-state index contributed by atoms with van der Waals surface area (Å²) in [7, 11) is 0. The maximum Gasteiger partial charge on any atom is 0.329 e. The third-order valence-electron chi connectivity index (χ3n) is 2.90. The van der Waals surface area contributed by atoms with E-state index < -0.39 is 17.6 Å². The van der Waals surface area contributed by atoms with Gasteiger partial charge in [0.2, 0.25) is 0 Å². The van der Waals surface area contributed by atoms with Crippen molar-refractivity contribution < 1.29 is 14.0 Å². The van der Waals surface area contributed by atoms with Crippen LogP contribution in [0.4, 0.5) is 10.1 Å². The first-order chi connectivity index (χ1) is 11.0. The first-order valence-electron chi connectivity index (χ1n) is 6.63. The predicted octanol–water partition coefficient (Wildman–Crippen LogP) is 2.96. The van der Waals surface area contributed by atoms with E-state index in [-0.39, 0.29) is 10.7 Å². The van der Waals surface area contributed by atoms with E-state index in [1.54, 1.807) is 6.92 Å². The minimum Gasteiger partial charge on any atom is -0.318 e. The summed E-state index contributed by atoms with van der Waals surface area (Å²) in [5.41, 5.74) is 3.74. The summed E-state index contributed by atoms with van der Waals surface area (Å²) in [6, 6.07) is 12.8. The number of amides is 2. The molecule has 118 valence electrons. The van der Waals surface area contributed by atoms with Crippen molar-refractivity contribution in [1.29, 1.82) is 0 Å². The number of hydrogen-bond donors (Lipinski definition) is 2. The zero-order chi connectivity index (χ0) is 16.8. The summed E-state index contributed by atoms with van der Waals surface area (Å²) < 4.78 is 13.0. The van der Waals surface area contributed by atoms with Gasteiger partial charge in [-0.15, -0.1) is 0 Å². The van der Waals surface area contributed by atoms with Crippen molar-refractivity contribution in [2.75, 3.05) is 5.32 Å². The van der Waals surface area contributed by atoms with Crippen LogP contribution < -0.4 is 10.7 Å². The molecule has 0 saturated carbocycles. The summed E-state index contributed by atoms with van der Waals surface area (Å²) in [6.07, 6.45) is 0. The number of rotatable bonds is 3. The van der Waals surface area contributed by atoms with Crippen LogP contribution >= 0.6 is 11.6 Å². The van der Waals surface area contributed by atoms with E-state index in [4.69, 9.17) is 11.6 Å². The molecule has 2 rings (SSSR count). The average Bonchev–Trinajstić information content (AvgIpc) is 2.56. The Kier molecular flexibility index (Phi) is 5.43. The number of nitrogens with zero attached hydrogens (tertiary/aromatic N) is 1. The van der Waals surface area contributed by atoms with Crippen molar-refractivity contribution in [3.05, 3.63) is 64.9 Å². The number of hydrogen-bond acceptors (Lipinski definition) is 3. The van der Waals surface area contributed by atoms with Crippen LogP contribution in [0.1, 0.15) is 12.5 Å². The summed E-state index contributed by atoms with van der Waals surface area (Å²) in [5, 5.41) is 6.01. The lowest BCUT2D eigenvalue weighted by Crippen LogP contribution is -2.32. The van der Waals surface area contributed by atoms with E-state index in [0.717, 1.165) is 11.6 Å². The monoisotopic (exact) mass is 333 g/mol. The predicted molar refractivity (Wildman–Crippen MR) is 86.8 cm³/mol. The van der Waals surface area contributed by atoms with E-state index in [2.05, 4.69) is 15.8 Å². The lowest BCUT2D eigenvalue weighted by atomic mass is 10.1. The molecule has 0 fully saturated rings. The normalized spacial score (nSPS) is 11.0. The van der Waals surface area contributed by atoms with Crippen LogP contribution in [0.5, 0.6) is 0 Å². The Bertz CT molecular complexity index is 763. The molecule has 7 heteroatoms. The summed E-state index contributed by atoms with van der Waals surface area (Å²) >= 11 is 5.60. The molecular formula is C16H13ClFN3O2. The van der Waals surface area contributed by atoms with Gasteiger partial charge in [0, 0.05) is 5.69 Å². The van der Waals surface area contributed by atoms with Gasteiger partial charge in [0.05, 0.1) is 10.7 Å². The molecule has 23 heavy (non-hydrogen) atoms. The van der Waals surface area contributed by atoms with Crippen LogP contribution in [-0.4, -0.2) is 17.5 Å². The van der Waals surface area contributed by atoms with Crippen LogP contribution in [0, 0.1) is 5.82 Å². The van der Waals surface area contributed by atoms with Gasteiger partial charge in [0.1, 0.15) is 5.82 Å². The van der Waals surface area contributed by atoms with Crippen molar-refractivity contribution in [2.45, 2.75) is 6.92 Å². The molecule has 0 aliphatic rings. The molecule has 0 saturated heterocycles. The molecule has 0 aromatic heterocycles. The topological polar surface area (TPSA) is 70.6 Å². The number of hydrazone groups is 1. The molecular weight excluding hydrogens is 321 g/mol. The Balaban J connectivity index is 1.97. The fraction of sp³-hybridized carbons (Fsp3) is 0.0625. The van der Waals surface area contributed by atoms with E-state index in [9.17, 15) is 14.0 Å². The number of carbonyl (C=O) groups is 2. The van der Waals surface area contributed by atoms with Gasteiger partial charge in [0.25, 0.3) is 0 Å². The van der Waals surface area contributed by atoms with E-state index >= 15 is 0 Å². The van der Waals surface area contributed by atoms with Gasteiger partial charge in [-0.3, -0.25) is 9.59 Å². The first-order valence-corrected chi connectivity index (χ1v) is 7.01. The Hall–Kier alpha value is -2.73. The van der Waals surface area contributed by atoms with Crippen molar-refractivity contribution in [1.82, 2.24) is 5.43 Å². The molecule has 0 bridgehead atoms. The quantitative estimate of drug-likeness (QED) is 0.515. The largest absolute Gasteiger partial charge is 0.329 e. The van der Waals surface area contributed by atoms with Gasteiger partial charge in [-0.05, 0) is 30.7 Å². The molecule has 0 spiro atoms. The second-order valence-corrected chi connectivity index (χ2v) is 4.99. The zero-order valence-corrected chi connectivity index (χ0v) is 12.9. The molecule has 0 atom stereocenters. The molecule has 2 aromatic rings. The van der Waals surface area contributed by atoms with Crippen LogP contribution in [0.25, 0.3) is 0 Å². The fourth-order valence-corrected chi connectivity index (χ4v) is 1.87. The van der Waals surface area contributed by atoms with E-state index in [1.165, 1.54) is 12.1 Å². The molecule has 2 amide bonds. The molecule has 0 unspecified atom stereocenters. The third-order valence-corrected chi connectivity index (χ3v) is 3.19. The highest BCUT2D eigenvalue weighted by Crippen LogP contribution is 2.19. The Morgan fingerprint density at radius 2 is 1.78 bits per heavy atom. The van der Waals surface area contributed by atoms with Gasteiger partial charge in [-0.2, -0.15) is 5.10 Å². The maximum atomic E-state index is 13.0. The lowest BCUT2D eigenvalue weighted by Gasteiger charge is -2.05. The van der Waals surface area contributed by atoms with E-state index in [1.807, 2.05) is 30.3 Å². The molecule has 0 aliphatic heterocycles. The average molecular weight is 334 g/mol. The maximum absolute atomic E-state index is 13.0. The number of carbonyl (C=O) groups excluding carboxylic acids is 2. The summed E-state index contributed by atoms with van der Waals surface area (Å²) in [5.74, 6) is -2.49. The van der Waals surface area contributed by atoms with Crippen LogP contribution in [0.3, 0.4) is 0 Å². The molecule has 0 aliphatic carbocycles. The van der Waals surface area contributed by atoms with Crippen LogP contribution in [0.2, 0.25) is 5.02 Å². The van der Waals surface area contributed by atoms with Gasteiger partial charge < -0.3 is 5.32 Å². The highest BCUT2D eigenvalue weighted by Gasteiger charge is 2.14. The second kappa shape index (κ2) is 7.51. The summed E-state index contributed by atoms with van der Waals surface area (Å²) in [6.45, 7) is 1.70. The molecule has 0 heterocycles. The van der Waals surface area contributed by atoms with Gasteiger partial charge in [0.15, 0.2) is 0 Å². The molecule has 5 nitrogen and oxygen atoms in total. The van der Waals surface area contributed by atoms with Crippen LogP contribution in [0.15, 0.2) is 53.6 Å². The second-order valence-electron chi connectivity index (χ2n) is 4.59. The SMILES string of the molecule is C/C(=N\NC(=O)C(=O)Nc1ccc(F)c(Cl)c1)c1ccccc1. The van der Waals surface area contributed by atoms with Crippen molar-refractivity contribution in [3.63, 3.8) is 0 Å². The van der Waals surface area contributed by atoms with Gasteiger partial charge >= 0.3 is 11.8 Å². The lowest BCUT2D eigenvalue weighted by molar-refractivity contribution is -0.136. The zero-order valence-electron chi connectivity index (χ0n) is 12.1. The highest BCUT2D eigenvalue weighted by molar-refractivity contribution is 6.40. The Labute approximate surface area is 137 Å². The minimum absolute atomic E-state index is 0.152. The highest BCUT2D eigenvalue weighted by atomic mass is 35.5. The van der Waals surface area contributed by atoms with Crippen molar-refractivity contribution in [2.24, 2.45) is 5.10 Å². The standard InChI is InChI=1S/C16H13ClFN3O2/c1-10(11-5-3-2-4-6-11)20-21-16(23)15(22)19-12-7-8-14(18)13(17)9-12/h2-9H,1H3,(H,19,22)(H,21,23)/b20-10+. The first kappa shape index (κ1) is 16.6. The third kappa shape index (κ3) is 4.62. The fourth-order valence-electron chi connectivity index (χ4n) is 1.69. The van der Waals surface area contributed by atoms with Crippen molar-refractivity contribution >= 4 is 34.8 Å². The Morgan fingerprint density at radius 3 is 2.43 bits per heavy atom. The molecule has 2 aromatic carbocycles. The smallest absolute Gasteiger partial charge is 0.318 e. The van der Waals surface area contributed by atoms with E-state index in [0.29, 0.717) is 5.71 Å². The Morgan fingerprint density at radius 1 is 1.09 bits per heavy atom. The van der Waals surface area contributed by atoms with Crippen molar-refractivity contribution in [3.8, 4) is 0 Å². The number of anilines is 1. The minimum atomic E-state index is -0.944. The molecule has 2 N–H and O–H groups in total. The number of nitrogens with one attached hydrogen (secondary N) is 2. The number of halogens is 2. The van der Waals surface area contributed by atoms with Crippen LogP contribution in [-0.2, 0) is 9.59 Å². The summed E-state index contributed by atoms with van der Waals surface area (Å²) in [4.78, 5) is 23.4. The van der Waals surface area contributed by atoms with Gasteiger partial charge in [-0.25, -0.2) is 9.82 Å². The molecule has 0 radical (unpaired) electrons.